The molecule has 0 aliphatic rings. The number of nitrogens with zero attached hydrogens (tertiary/aromatic N) is 1. The summed E-state index contributed by atoms with van der Waals surface area (Å²) in [7, 11) is 0. The number of alkyl halides is 1. The maximum absolute atomic E-state index is 6.04. The van der Waals surface area contributed by atoms with Crippen molar-refractivity contribution in [3.63, 3.8) is 0 Å². The fourth-order valence-electron chi connectivity index (χ4n) is 1.75. The van der Waals surface area contributed by atoms with Crippen molar-refractivity contribution in [3.8, 4) is 0 Å². The fraction of sp³-hybridized carbons (Fsp3) is 0.500. The van der Waals surface area contributed by atoms with Crippen LogP contribution in [-0.2, 0) is 0 Å². The van der Waals surface area contributed by atoms with Crippen LogP contribution in [0.15, 0.2) is 28.7 Å². The molecule has 0 fully saturated rings. The molecule has 84 valence electrons. The maximum atomic E-state index is 6.04. The molecule has 0 aromatic heterocycles. The number of hydrogen-bond acceptors (Lipinski definition) is 1. The van der Waals surface area contributed by atoms with Crippen LogP contribution in [0.5, 0.6) is 0 Å². The van der Waals surface area contributed by atoms with E-state index in [0.29, 0.717) is 11.9 Å². The third-order valence-electron chi connectivity index (χ3n) is 2.65. The van der Waals surface area contributed by atoms with Gasteiger partial charge >= 0.3 is 0 Å². The summed E-state index contributed by atoms with van der Waals surface area (Å²) in [6.07, 6.45) is 0. The Morgan fingerprint density at radius 1 is 1.20 bits per heavy atom. The first-order valence-corrected chi connectivity index (χ1v) is 6.61. The fourth-order valence-corrected chi connectivity index (χ4v) is 2.38. The predicted molar refractivity (Wildman–Crippen MR) is 70.5 cm³/mol. The van der Waals surface area contributed by atoms with Crippen molar-refractivity contribution in [2.24, 2.45) is 0 Å². The lowest BCUT2D eigenvalue weighted by molar-refractivity contribution is 0.237. The molecule has 15 heavy (non-hydrogen) atoms. The molecule has 3 heteroatoms. The summed E-state index contributed by atoms with van der Waals surface area (Å²) in [5.74, 6) is 0.642. The number of hydrogen-bond donors (Lipinski definition) is 0. The summed E-state index contributed by atoms with van der Waals surface area (Å²) in [4.78, 5) is 2.37. The van der Waals surface area contributed by atoms with Crippen molar-refractivity contribution >= 4 is 27.5 Å². The highest BCUT2D eigenvalue weighted by atomic mass is 79.9. The Hall–Kier alpha value is -0.0500. The van der Waals surface area contributed by atoms with E-state index < -0.39 is 0 Å². The van der Waals surface area contributed by atoms with Gasteiger partial charge in [-0.2, -0.15) is 0 Å². The van der Waals surface area contributed by atoms with Crippen molar-refractivity contribution in [3.05, 3.63) is 34.3 Å². The highest BCUT2D eigenvalue weighted by molar-refractivity contribution is 9.10. The van der Waals surface area contributed by atoms with Crippen molar-refractivity contribution in [2.45, 2.75) is 19.9 Å². The Balaban J connectivity index is 2.86. The summed E-state index contributed by atoms with van der Waals surface area (Å²) in [5.41, 5.74) is 1.29. The first-order valence-electron chi connectivity index (χ1n) is 5.28. The van der Waals surface area contributed by atoms with E-state index in [1.54, 1.807) is 0 Å². The Labute approximate surface area is 106 Å². The quantitative estimate of drug-likeness (QED) is 0.739. The number of benzene rings is 1. The van der Waals surface area contributed by atoms with Crippen molar-refractivity contribution in [2.75, 3.05) is 19.0 Å². The molecule has 0 radical (unpaired) electrons. The van der Waals surface area contributed by atoms with Crippen LogP contribution < -0.4 is 0 Å². The zero-order valence-electron chi connectivity index (χ0n) is 9.21. The van der Waals surface area contributed by atoms with Gasteiger partial charge in [-0.25, -0.2) is 0 Å². The van der Waals surface area contributed by atoms with Gasteiger partial charge in [0.1, 0.15) is 0 Å². The Morgan fingerprint density at radius 3 is 2.13 bits per heavy atom. The van der Waals surface area contributed by atoms with Crippen LogP contribution in [0, 0.1) is 0 Å². The third-order valence-corrected chi connectivity index (χ3v) is 3.48. The van der Waals surface area contributed by atoms with Crippen molar-refractivity contribution < 1.29 is 0 Å². The van der Waals surface area contributed by atoms with E-state index in [9.17, 15) is 0 Å². The summed E-state index contributed by atoms with van der Waals surface area (Å²) in [5, 5.41) is 0. The Morgan fingerprint density at radius 2 is 1.73 bits per heavy atom. The topological polar surface area (TPSA) is 3.24 Å². The molecule has 0 bridgehead atoms. The molecule has 1 aromatic carbocycles. The lowest BCUT2D eigenvalue weighted by atomic mass is 10.1. The van der Waals surface area contributed by atoms with Gasteiger partial charge in [0.05, 0.1) is 0 Å². The van der Waals surface area contributed by atoms with Crippen LogP contribution in [0.4, 0.5) is 0 Å². The van der Waals surface area contributed by atoms with Gasteiger partial charge in [-0.1, -0.05) is 41.9 Å². The van der Waals surface area contributed by atoms with E-state index in [4.69, 9.17) is 11.6 Å². The average molecular weight is 291 g/mol. The summed E-state index contributed by atoms with van der Waals surface area (Å²) < 4.78 is 1.11. The largest absolute Gasteiger partial charge is 0.296 e. The molecule has 0 N–H and O–H groups in total. The first-order chi connectivity index (χ1) is 7.22. The molecule has 0 saturated heterocycles. The van der Waals surface area contributed by atoms with E-state index in [1.807, 2.05) is 0 Å². The molecule has 0 heterocycles. The summed E-state index contributed by atoms with van der Waals surface area (Å²) >= 11 is 9.48. The van der Waals surface area contributed by atoms with E-state index in [-0.39, 0.29) is 0 Å². The maximum Gasteiger partial charge on any atom is 0.0483 e. The lowest BCUT2D eigenvalue weighted by Gasteiger charge is -2.28. The average Bonchev–Trinajstić information content (AvgIpc) is 2.27. The molecule has 1 atom stereocenters. The molecule has 0 aliphatic heterocycles. The van der Waals surface area contributed by atoms with Gasteiger partial charge in [0.25, 0.3) is 0 Å². The molecule has 1 unspecified atom stereocenters. The van der Waals surface area contributed by atoms with Crippen LogP contribution in [0.3, 0.4) is 0 Å². The molecule has 1 nitrogen and oxygen atoms in total. The van der Waals surface area contributed by atoms with E-state index in [2.05, 4.69) is 58.9 Å². The third kappa shape index (κ3) is 3.47. The standard InChI is InChI=1S/C12H17BrClN/c1-3-15(4-2)12(9-14)10-5-7-11(13)8-6-10/h5-8,12H,3-4,9H2,1-2H3. The Kier molecular flexibility index (Phi) is 5.65. The van der Waals surface area contributed by atoms with Gasteiger partial charge in [0, 0.05) is 16.4 Å². The van der Waals surface area contributed by atoms with E-state index in [1.165, 1.54) is 5.56 Å². The molecular weight excluding hydrogens is 273 g/mol. The van der Waals surface area contributed by atoms with Gasteiger partial charge in [-0.3, -0.25) is 4.90 Å². The van der Waals surface area contributed by atoms with Crippen molar-refractivity contribution in [1.82, 2.24) is 4.90 Å². The highest BCUT2D eigenvalue weighted by Gasteiger charge is 2.16. The predicted octanol–water partition coefficient (Wildman–Crippen LogP) is 4.07. The van der Waals surface area contributed by atoms with Crippen LogP contribution in [0.1, 0.15) is 25.5 Å². The second kappa shape index (κ2) is 6.51. The second-order valence-electron chi connectivity index (χ2n) is 3.44. The molecule has 1 aromatic rings. The normalized spacial score (nSPS) is 13.1. The van der Waals surface area contributed by atoms with Crippen LogP contribution in [-0.4, -0.2) is 23.9 Å². The SMILES string of the molecule is CCN(CC)C(CCl)c1ccc(Br)cc1. The molecule has 0 saturated carbocycles. The molecular formula is C12H17BrClN. The molecule has 1 rings (SSSR count). The van der Waals surface area contributed by atoms with Crippen molar-refractivity contribution in [1.29, 1.82) is 0 Å². The second-order valence-corrected chi connectivity index (χ2v) is 4.67. The number of halogens is 2. The minimum absolute atomic E-state index is 0.328. The van der Waals surface area contributed by atoms with Crippen LogP contribution >= 0.6 is 27.5 Å². The molecule has 0 amide bonds. The van der Waals surface area contributed by atoms with E-state index in [0.717, 1.165) is 17.6 Å². The Bertz CT molecular complexity index is 282. The van der Waals surface area contributed by atoms with Gasteiger partial charge in [0.15, 0.2) is 0 Å². The monoisotopic (exact) mass is 289 g/mol. The minimum atomic E-state index is 0.328. The zero-order chi connectivity index (χ0) is 11.3. The zero-order valence-corrected chi connectivity index (χ0v) is 11.6. The molecule has 0 spiro atoms. The number of rotatable bonds is 5. The highest BCUT2D eigenvalue weighted by Crippen LogP contribution is 2.23. The van der Waals surface area contributed by atoms with Gasteiger partial charge in [-0.05, 0) is 30.8 Å². The van der Waals surface area contributed by atoms with Gasteiger partial charge in [-0.15, -0.1) is 11.6 Å². The van der Waals surface area contributed by atoms with Gasteiger partial charge in [0.2, 0.25) is 0 Å². The molecule has 0 aliphatic carbocycles. The summed E-state index contributed by atoms with van der Waals surface area (Å²) in [6, 6.07) is 8.73. The van der Waals surface area contributed by atoms with E-state index >= 15 is 0 Å². The van der Waals surface area contributed by atoms with Gasteiger partial charge < -0.3 is 0 Å². The van der Waals surface area contributed by atoms with Crippen LogP contribution in [0.2, 0.25) is 0 Å². The summed E-state index contributed by atoms with van der Waals surface area (Å²) in [6.45, 7) is 6.40. The minimum Gasteiger partial charge on any atom is -0.296 e. The van der Waals surface area contributed by atoms with Crippen LogP contribution in [0.25, 0.3) is 0 Å². The lowest BCUT2D eigenvalue weighted by Crippen LogP contribution is -2.29. The smallest absolute Gasteiger partial charge is 0.0483 e. The first kappa shape index (κ1) is 13.0.